The first-order valence-electron chi connectivity index (χ1n) is 6.59. The third-order valence-electron chi connectivity index (χ3n) is 2.39. The Balaban J connectivity index is 4.08. The molecule has 0 spiro atoms. The number of carbonyl (C=O) groups excluding carboxylic acids is 1. The normalized spacial score (nSPS) is 13.4. The standard InChI is InChI=1S/C14H25AsO4/c1-5-6-7-8-9-10-11(12(16)17)15-13(18)19-14(2,3)4/h5,11,15H,1,6-10H2,2-4H3,(H,16,17). The molecule has 0 aromatic rings. The van der Waals surface area contributed by atoms with Gasteiger partial charge in [-0.1, -0.05) is 0 Å². The van der Waals surface area contributed by atoms with Gasteiger partial charge >= 0.3 is 122 Å². The summed E-state index contributed by atoms with van der Waals surface area (Å²) < 4.78 is 4.37. The summed E-state index contributed by atoms with van der Waals surface area (Å²) in [6, 6.07) is 0. The van der Waals surface area contributed by atoms with Gasteiger partial charge in [-0.05, 0) is 0 Å². The summed E-state index contributed by atoms with van der Waals surface area (Å²) in [5.74, 6) is -0.866. The first kappa shape index (κ1) is 18.2. The van der Waals surface area contributed by atoms with Crippen LogP contribution in [0.5, 0.6) is 0 Å². The summed E-state index contributed by atoms with van der Waals surface area (Å²) in [5, 5.41) is 9.13. The van der Waals surface area contributed by atoms with Crippen LogP contribution in [0, 0.1) is 0 Å². The summed E-state index contributed by atoms with van der Waals surface area (Å²) in [5.41, 5.74) is -0.534. The molecule has 5 heteroatoms. The minimum absolute atomic E-state index is 0.314. The van der Waals surface area contributed by atoms with E-state index in [0.717, 1.165) is 25.7 Å². The van der Waals surface area contributed by atoms with Gasteiger partial charge in [0, 0.05) is 0 Å². The molecule has 0 bridgehead atoms. The zero-order valence-corrected chi connectivity index (χ0v) is 14.2. The third-order valence-corrected chi connectivity index (χ3v) is 4.95. The number of hydrogen-bond donors (Lipinski definition) is 1. The number of rotatable bonds is 9. The Morgan fingerprint density at radius 3 is 2.42 bits per heavy atom. The number of aliphatic carboxylic acids is 1. The van der Waals surface area contributed by atoms with E-state index >= 15 is 0 Å². The fraction of sp³-hybridized carbons (Fsp3) is 0.714. The van der Waals surface area contributed by atoms with Crippen molar-refractivity contribution in [3.63, 3.8) is 0 Å². The molecule has 0 aliphatic heterocycles. The molecule has 0 amide bonds. The van der Waals surface area contributed by atoms with Crippen LogP contribution < -0.4 is 0 Å². The second-order valence-electron chi connectivity index (χ2n) is 5.46. The van der Waals surface area contributed by atoms with Crippen LogP contribution in [0.1, 0.15) is 52.9 Å². The molecule has 4 nitrogen and oxygen atoms in total. The van der Waals surface area contributed by atoms with Crippen LogP contribution in [0.3, 0.4) is 0 Å². The Hall–Kier alpha value is -0.762. The van der Waals surface area contributed by atoms with Crippen molar-refractivity contribution in [3.05, 3.63) is 12.7 Å². The molecule has 0 rings (SSSR count). The van der Waals surface area contributed by atoms with Crippen LogP contribution in [0.15, 0.2) is 12.7 Å². The van der Waals surface area contributed by atoms with E-state index in [1.807, 2.05) is 6.08 Å². The van der Waals surface area contributed by atoms with Gasteiger partial charge in [0.05, 0.1) is 0 Å². The molecule has 0 aliphatic rings. The van der Waals surface area contributed by atoms with Crippen molar-refractivity contribution >= 4 is 26.5 Å². The van der Waals surface area contributed by atoms with Crippen LogP contribution in [0.4, 0.5) is 4.79 Å². The molecule has 0 fully saturated rings. The van der Waals surface area contributed by atoms with Gasteiger partial charge in [-0.3, -0.25) is 0 Å². The molecule has 0 saturated carbocycles. The van der Waals surface area contributed by atoms with Crippen molar-refractivity contribution in [1.29, 1.82) is 0 Å². The second kappa shape index (κ2) is 9.19. The Morgan fingerprint density at radius 1 is 1.32 bits per heavy atom. The van der Waals surface area contributed by atoms with Crippen LogP contribution in [-0.4, -0.2) is 37.2 Å². The molecule has 19 heavy (non-hydrogen) atoms. The van der Waals surface area contributed by atoms with E-state index in [0.29, 0.717) is 6.42 Å². The molecular weight excluding hydrogens is 307 g/mol. The number of allylic oxidation sites excluding steroid dienone is 1. The van der Waals surface area contributed by atoms with Crippen molar-refractivity contribution < 1.29 is 19.4 Å². The van der Waals surface area contributed by atoms with Gasteiger partial charge in [-0.15, -0.1) is 0 Å². The van der Waals surface area contributed by atoms with Gasteiger partial charge in [0.2, 0.25) is 0 Å². The molecular formula is C14H25AsO4. The van der Waals surface area contributed by atoms with Crippen molar-refractivity contribution in [1.82, 2.24) is 0 Å². The van der Waals surface area contributed by atoms with Gasteiger partial charge in [0.15, 0.2) is 0 Å². The molecule has 0 aliphatic carbocycles. The van der Waals surface area contributed by atoms with E-state index in [1.165, 1.54) is 0 Å². The minimum atomic E-state index is -1.26. The fourth-order valence-corrected chi connectivity index (χ4v) is 3.87. The molecule has 0 aromatic carbocycles. The molecule has 0 saturated heterocycles. The van der Waals surface area contributed by atoms with Gasteiger partial charge in [-0.25, -0.2) is 0 Å². The topological polar surface area (TPSA) is 63.6 Å². The summed E-state index contributed by atoms with van der Waals surface area (Å²) >= 11 is -1.26. The average Bonchev–Trinajstić information content (AvgIpc) is 2.24. The second-order valence-corrected chi connectivity index (χ2v) is 8.39. The third kappa shape index (κ3) is 10.8. The quantitative estimate of drug-likeness (QED) is 0.399. The summed E-state index contributed by atoms with van der Waals surface area (Å²) in [6.07, 6.45) is 6.25. The number of carboxylic acids is 1. The van der Waals surface area contributed by atoms with E-state index in [4.69, 9.17) is 9.84 Å². The van der Waals surface area contributed by atoms with Crippen molar-refractivity contribution in [3.8, 4) is 0 Å². The molecule has 1 N–H and O–H groups in total. The van der Waals surface area contributed by atoms with Gasteiger partial charge in [0.1, 0.15) is 0 Å². The van der Waals surface area contributed by atoms with Gasteiger partial charge in [0.25, 0.3) is 0 Å². The molecule has 2 unspecified atom stereocenters. The maximum atomic E-state index is 11.7. The number of carbonyl (C=O) groups is 2. The first-order valence-corrected chi connectivity index (χ1v) is 8.85. The van der Waals surface area contributed by atoms with Crippen LogP contribution in [-0.2, 0) is 9.53 Å². The summed E-state index contributed by atoms with van der Waals surface area (Å²) in [6.45, 7) is 9.03. The Kier molecular flexibility index (Phi) is 8.82. The summed E-state index contributed by atoms with van der Waals surface area (Å²) in [7, 11) is 0. The number of unbranched alkanes of at least 4 members (excludes halogenated alkanes) is 3. The predicted molar refractivity (Wildman–Crippen MR) is 78.1 cm³/mol. The maximum absolute atomic E-state index is 11.7. The molecule has 0 radical (unpaired) electrons. The SMILES string of the molecule is C=CCCCCCC([AsH]C(=O)OC(C)(C)C)C(=O)O. The Labute approximate surface area is 122 Å². The number of carboxylic acid groups (broad SMARTS) is 1. The zero-order valence-electron chi connectivity index (χ0n) is 12.1. The number of hydrogen-bond acceptors (Lipinski definition) is 3. The Morgan fingerprint density at radius 2 is 1.95 bits per heavy atom. The van der Waals surface area contributed by atoms with E-state index in [1.54, 1.807) is 20.8 Å². The van der Waals surface area contributed by atoms with Crippen LogP contribution in [0.25, 0.3) is 0 Å². The fourth-order valence-electron chi connectivity index (χ4n) is 1.52. The first-order chi connectivity index (χ1) is 8.76. The van der Waals surface area contributed by atoms with Crippen molar-refractivity contribution in [2.45, 2.75) is 63.2 Å². The zero-order chi connectivity index (χ0) is 14.9. The molecule has 2 atom stereocenters. The van der Waals surface area contributed by atoms with Gasteiger partial charge in [-0.2, -0.15) is 0 Å². The number of ether oxygens (including phenoxy) is 1. The molecule has 110 valence electrons. The van der Waals surface area contributed by atoms with E-state index in [-0.39, 0.29) is 4.76 Å². The predicted octanol–water partition coefficient (Wildman–Crippen LogP) is 3.37. The van der Waals surface area contributed by atoms with Crippen LogP contribution in [0.2, 0.25) is 4.71 Å². The van der Waals surface area contributed by atoms with Gasteiger partial charge < -0.3 is 0 Å². The van der Waals surface area contributed by atoms with Crippen LogP contribution >= 0.6 is 0 Å². The van der Waals surface area contributed by atoms with E-state index in [9.17, 15) is 9.59 Å². The molecule has 0 aromatic heterocycles. The average molecular weight is 332 g/mol. The van der Waals surface area contributed by atoms with E-state index in [2.05, 4.69) is 6.58 Å². The van der Waals surface area contributed by atoms with E-state index < -0.39 is 32.0 Å². The summed E-state index contributed by atoms with van der Waals surface area (Å²) in [4.78, 5) is 22.8. The van der Waals surface area contributed by atoms with Crippen molar-refractivity contribution in [2.75, 3.05) is 0 Å². The Bertz CT molecular complexity index is 307. The van der Waals surface area contributed by atoms with Crippen molar-refractivity contribution in [2.24, 2.45) is 0 Å². The molecule has 0 heterocycles. The monoisotopic (exact) mass is 332 g/mol.